The fourth-order valence-electron chi connectivity index (χ4n) is 3.49. The summed E-state index contributed by atoms with van der Waals surface area (Å²) < 4.78 is 5.10. The summed E-state index contributed by atoms with van der Waals surface area (Å²) in [5.41, 5.74) is 2.43. The van der Waals surface area contributed by atoms with Gasteiger partial charge in [0.15, 0.2) is 0 Å². The fourth-order valence-corrected chi connectivity index (χ4v) is 3.49. The Morgan fingerprint density at radius 2 is 1.82 bits per heavy atom. The zero-order valence-corrected chi connectivity index (χ0v) is 15.8. The van der Waals surface area contributed by atoms with Gasteiger partial charge in [0.1, 0.15) is 11.4 Å². The number of carbonyl (C=O) groups excluding carboxylic acids is 1. The SMILES string of the molecule is COc1ccc(NC(=O)ON2CCC3(CC2)CC(c2ccccc2)=NO3)cc1. The highest BCUT2D eigenvalue weighted by Crippen LogP contribution is 2.36. The third-order valence-electron chi connectivity index (χ3n) is 5.13. The highest BCUT2D eigenvalue weighted by molar-refractivity contribution is 6.01. The number of hydrogen-bond acceptors (Lipinski definition) is 6. The molecule has 1 amide bonds. The van der Waals surface area contributed by atoms with Crippen LogP contribution in [0, 0.1) is 0 Å². The van der Waals surface area contributed by atoms with Crippen molar-refractivity contribution in [1.82, 2.24) is 5.06 Å². The van der Waals surface area contributed by atoms with E-state index in [1.54, 1.807) is 36.4 Å². The van der Waals surface area contributed by atoms with Crippen molar-refractivity contribution in [3.8, 4) is 5.75 Å². The van der Waals surface area contributed by atoms with E-state index in [1.807, 2.05) is 30.3 Å². The van der Waals surface area contributed by atoms with E-state index in [4.69, 9.17) is 14.4 Å². The van der Waals surface area contributed by atoms with Crippen molar-refractivity contribution in [3.05, 3.63) is 60.2 Å². The van der Waals surface area contributed by atoms with Crippen molar-refractivity contribution >= 4 is 17.5 Å². The molecular formula is C21H23N3O4. The van der Waals surface area contributed by atoms with Gasteiger partial charge in [-0.25, -0.2) is 4.79 Å². The number of methoxy groups -OCH3 is 1. The topological polar surface area (TPSA) is 72.4 Å². The predicted molar refractivity (Wildman–Crippen MR) is 105 cm³/mol. The van der Waals surface area contributed by atoms with Crippen LogP contribution in [0.3, 0.4) is 0 Å². The molecule has 0 aliphatic carbocycles. The number of rotatable bonds is 4. The number of carbonyl (C=O) groups is 1. The molecule has 0 bridgehead atoms. The first-order valence-corrected chi connectivity index (χ1v) is 9.34. The second-order valence-electron chi connectivity index (χ2n) is 7.02. The van der Waals surface area contributed by atoms with Crippen LogP contribution in [0.4, 0.5) is 10.5 Å². The Bertz CT molecular complexity index is 844. The number of hydroxylamine groups is 2. The molecule has 2 aliphatic heterocycles. The van der Waals surface area contributed by atoms with Crippen LogP contribution in [0.15, 0.2) is 59.8 Å². The first-order valence-electron chi connectivity index (χ1n) is 9.34. The number of hydrogen-bond donors (Lipinski definition) is 1. The van der Waals surface area contributed by atoms with Crippen molar-refractivity contribution in [2.24, 2.45) is 5.16 Å². The lowest BCUT2D eigenvalue weighted by Crippen LogP contribution is -2.45. The van der Waals surface area contributed by atoms with E-state index in [0.717, 1.165) is 36.3 Å². The Hall–Kier alpha value is -3.06. The Labute approximate surface area is 163 Å². The minimum Gasteiger partial charge on any atom is -0.497 e. The van der Waals surface area contributed by atoms with Crippen LogP contribution >= 0.6 is 0 Å². The highest BCUT2D eigenvalue weighted by atomic mass is 16.7. The number of oxime groups is 1. The first kappa shape index (κ1) is 18.3. The van der Waals surface area contributed by atoms with Gasteiger partial charge in [0, 0.05) is 38.0 Å². The van der Waals surface area contributed by atoms with Crippen molar-refractivity contribution in [2.75, 3.05) is 25.5 Å². The summed E-state index contributed by atoms with van der Waals surface area (Å²) in [5, 5.41) is 8.70. The van der Waals surface area contributed by atoms with E-state index < -0.39 is 6.09 Å². The van der Waals surface area contributed by atoms with Gasteiger partial charge in [0.2, 0.25) is 0 Å². The number of nitrogens with zero attached hydrogens (tertiary/aromatic N) is 2. The second kappa shape index (κ2) is 7.90. The quantitative estimate of drug-likeness (QED) is 0.872. The lowest BCUT2D eigenvalue weighted by atomic mass is 9.86. The van der Waals surface area contributed by atoms with Crippen LogP contribution in [0.25, 0.3) is 0 Å². The number of nitrogens with one attached hydrogen (secondary N) is 1. The molecule has 146 valence electrons. The van der Waals surface area contributed by atoms with Gasteiger partial charge in [-0.15, -0.1) is 5.06 Å². The Balaban J connectivity index is 1.26. The van der Waals surface area contributed by atoms with Gasteiger partial charge in [-0.3, -0.25) is 5.32 Å². The number of amides is 1. The average molecular weight is 381 g/mol. The number of benzene rings is 2. The lowest BCUT2D eigenvalue weighted by Gasteiger charge is -2.35. The van der Waals surface area contributed by atoms with Crippen molar-refractivity contribution in [3.63, 3.8) is 0 Å². The molecule has 1 spiro atoms. The van der Waals surface area contributed by atoms with E-state index >= 15 is 0 Å². The third-order valence-corrected chi connectivity index (χ3v) is 5.13. The van der Waals surface area contributed by atoms with Crippen molar-refractivity contribution < 1.29 is 19.2 Å². The highest BCUT2D eigenvalue weighted by Gasteiger charge is 2.43. The number of ether oxygens (including phenoxy) is 1. The van der Waals surface area contributed by atoms with Gasteiger partial charge >= 0.3 is 6.09 Å². The molecule has 4 rings (SSSR count). The largest absolute Gasteiger partial charge is 0.497 e. The summed E-state index contributed by atoms with van der Waals surface area (Å²) in [5.74, 6) is 0.730. The minimum absolute atomic E-state index is 0.294. The van der Waals surface area contributed by atoms with Gasteiger partial charge in [-0.05, 0) is 29.8 Å². The average Bonchev–Trinajstić information content (AvgIpc) is 3.15. The van der Waals surface area contributed by atoms with Gasteiger partial charge in [-0.2, -0.15) is 0 Å². The summed E-state index contributed by atoms with van der Waals surface area (Å²) in [4.78, 5) is 23.4. The predicted octanol–water partition coefficient (Wildman–Crippen LogP) is 3.82. The maximum Gasteiger partial charge on any atom is 0.430 e. The van der Waals surface area contributed by atoms with E-state index in [2.05, 4.69) is 10.5 Å². The van der Waals surface area contributed by atoms with E-state index in [1.165, 1.54) is 0 Å². The first-order chi connectivity index (χ1) is 13.7. The molecule has 1 fully saturated rings. The molecule has 1 N–H and O–H groups in total. The number of piperidine rings is 1. The van der Waals surface area contributed by atoms with Crippen LogP contribution in [0.5, 0.6) is 5.75 Å². The molecule has 28 heavy (non-hydrogen) atoms. The lowest BCUT2D eigenvalue weighted by molar-refractivity contribution is -0.154. The molecule has 0 atom stereocenters. The summed E-state index contributed by atoms with van der Waals surface area (Å²) in [6, 6.07) is 17.2. The molecular weight excluding hydrogens is 358 g/mol. The molecule has 1 saturated heterocycles. The molecule has 0 unspecified atom stereocenters. The molecule has 2 aromatic carbocycles. The molecule has 0 aromatic heterocycles. The van der Waals surface area contributed by atoms with Gasteiger partial charge in [-0.1, -0.05) is 35.5 Å². The van der Waals surface area contributed by atoms with Crippen LogP contribution in [-0.2, 0) is 9.68 Å². The molecule has 2 heterocycles. The minimum atomic E-state index is -0.505. The molecule has 2 aromatic rings. The summed E-state index contributed by atoms with van der Waals surface area (Å²) >= 11 is 0. The van der Waals surface area contributed by atoms with E-state index in [-0.39, 0.29) is 5.60 Å². The van der Waals surface area contributed by atoms with Crippen LogP contribution < -0.4 is 10.1 Å². The summed E-state index contributed by atoms with van der Waals surface area (Å²) in [6.07, 6.45) is 1.78. The van der Waals surface area contributed by atoms with Gasteiger partial charge in [0.05, 0.1) is 12.8 Å². The normalized spacial score (nSPS) is 18.2. The Morgan fingerprint density at radius 1 is 1.11 bits per heavy atom. The monoisotopic (exact) mass is 381 g/mol. The maximum absolute atomic E-state index is 12.1. The summed E-state index contributed by atoms with van der Waals surface area (Å²) in [6.45, 7) is 1.21. The molecule has 0 saturated carbocycles. The van der Waals surface area contributed by atoms with Crippen LogP contribution in [-0.4, -0.2) is 42.7 Å². The standard InChI is InChI=1S/C21H23N3O4/c1-26-18-9-7-17(8-10-18)22-20(25)27-24-13-11-21(12-14-24)15-19(23-28-21)16-5-3-2-4-6-16/h2-10H,11-15H2,1H3,(H,22,25). The molecule has 2 aliphatic rings. The van der Waals surface area contributed by atoms with Crippen LogP contribution in [0.1, 0.15) is 24.8 Å². The van der Waals surface area contributed by atoms with Crippen molar-refractivity contribution in [2.45, 2.75) is 24.9 Å². The zero-order valence-electron chi connectivity index (χ0n) is 15.8. The zero-order chi connectivity index (χ0) is 19.4. The molecule has 0 radical (unpaired) electrons. The smallest absolute Gasteiger partial charge is 0.430 e. The fraction of sp³-hybridized carbons (Fsp3) is 0.333. The van der Waals surface area contributed by atoms with Crippen LogP contribution in [0.2, 0.25) is 0 Å². The van der Waals surface area contributed by atoms with Crippen molar-refractivity contribution in [1.29, 1.82) is 0 Å². The van der Waals surface area contributed by atoms with Gasteiger partial charge in [0.25, 0.3) is 0 Å². The Morgan fingerprint density at radius 3 is 2.50 bits per heavy atom. The Kier molecular flexibility index (Phi) is 5.16. The van der Waals surface area contributed by atoms with Gasteiger partial charge < -0.3 is 14.4 Å². The maximum atomic E-state index is 12.1. The molecule has 7 nitrogen and oxygen atoms in total. The van der Waals surface area contributed by atoms with E-state index in [9.17, 15) is 4.79 Å². The third kappa shape index (κ3) is 4.09. The second-order valence-corrected chi connectivity index (χ2v) is 7.02. The van der Waals surface area contributed by atoms with E-state index in [0.29, 0.717) is 18.8 Å². The molecule has 7 heteroatoms. The summed E-state index contributed by atoms with van der Waals surface area (Å²) in [7, 11) is 1.60. The number of anilines is 1.